The van der Waals surface area contributed by atoms with E-state index in [-0.39, 0.29) is 35.3 Å². The minimum Gasteiger partial charge on any atom is -0.454 e. The van der Waals surface area contributed by atoms with Crippen LogP contribution in [-0.4, -0.2) is 36.9 Å². The van der Waals surface area contributed by atoms with Crippen LogP contribution in [0.5, 0.6) is 11.5 Å². The molecule has 0 unspecified atom stereocenters. The molecule has 1 aromatic carbocycles. The summed E-state index contributed by atoms with van der Waals surface area (Å²) in [6.45, 7) is 0.207. The van der Waals surface area contributed by atoms with E-state index in [9.17, 15) is 18.0 Å². The number of pyridine rings is 1. The Morgan fingerprint density at radius 3 is 2.74 bits per heavy atom. The zero-order chi connectivity index (χ0) is 21.6. The number of fused-ring (bicyclic) bond motifs is 2. The summed E-state index contributed by atoms with van der Waals surface area (Å²) in [5.74, 6) is 0.273. The van der Waals surface area contributed by atoms with E-state index >= 15 is 0 Å². The lowest BCUT2D eigenvalue weighted by Gasteiger charge is -2.11. The number of imide groups is 1. The first kappa shape index (κ1) is 19.7. The Hall–Kier alpha value is -3.28. The normalized spacial score (nSPS) is 14.9. The van der Waals surface area contributed by atoms with Gasteiger partial charge in [0.1, 0.15) is 9.90 Å². The largest absolute Gasteiger partial charge is 0.454 e. The molecule has 3 aromatic rings. The number of carbonyl (C=O) groups is 2. The molecule has 0 bridgehead atoms. The molecule has 2 aliphatic heterocycles. The maximum Gasteiger partial charge on any atom is 0.280 e. The number of hydrogen-bond acceptors (Lipinski definition) is 8. The number of hydrogen-bond donors (Lipinski definition) is 1. The van der Waals surface area contributed by atoms with Crippen LogP contribution in [0, 0.1) is 0 Å². The van der Waals surface area contributed by atoms with Crippen molar-refractivity contribution in [2.75, 3.05) is 6.79 Å². The average Bonchev–Trinajstić information content (AvgIpc) is 3.49. The van der Waals surface area contributed by atoms with Crippen molar-refractivity contribution in [3.8, 4) is 11.5 Å². The number of nitrogens with zero attached hydrogens (tertiary/aromatic N) is 2. The predicted octanol–water partition coefficient (Wildman–Crippen LogP) is 2.15. The topological polar surface area (TPSA) is 115 Å². The van der Waals surface area contributed by atoms with Crippen molar-refractivity contribution in [1.82, 2.24) is 14.6 Å². The van der Waals surface area contributed by atoms with Crippen LogP contribution in [0.25, 0.3) is 0 Å². The first-order valence-electron chi connectivity index (χ1n) is 9.20. The minimum atomic E-state index is -3.77. The Kier molecular flexibility index (Phi) is 4.73. The lowest BCUT2D eigenvalue weighted by Crippen LogP contribution is -2.28. The van der Waals surface area contributed by atoms with Gasteiger partial charge in [-0.2, -0.15) is 0 Å². The molecule has 2 aliphatic rings. The molecule has 1 N–H and O–H groups in total. The smallest absolute Gasteiger partial charge is 0.280 e. The van der Waals surface area contributed by atoms with Crippen molar-refractivity contribution in [3.63, 3.8) is 0 Å². The lowest BCUT2D eigenvalue weighted by atomic mass is 10.2. The van der Waals surface area contributed by atoms with Crippen LogP contribution in [0.4, 0.5) is 0 Å². The highest BCUT2D eigenvalue weighted by Gasteiger charge is 2.36. The third kappa shape index (κ3) is 3.56. The van der Waals surface area contributed by atoms with Crippen LogP contribution < -0.4 is 14.2 Å². The number of sulfonamides is 1. The number of nitrogens with one attached hydrogen (secondary N) is 1. The van der Waals surface area contributed by atoms with Crippen molar-refractivity contribution in [3.05, 3.63) is 70.4 Å². The summed E-state index contributed by atoms with van der Waals surface area (Å²) in [5, 5.41) is 0. The molecule has 0 saturated heterocycles. The van der Waals surface area contributed by atoms with Crippen molar-refractivity contribution in [2.45, 2.75) is 17.3 Å². The number of ether oxygens (including phenoxy) is 2. The highest BCUT2D eigenvalue weighted by molar-refractivity contribution is 7.91. The SMILES string of the molecule is O=C1c2cccnc2C(=O)N1Cc1ccc(S(=O)(=O)NCc2ccc3c(c2)OCO3)s1. The van der Waals surface area contributed by atoms with E-state index in [1.165, 1.54) is 12.3 Å². The second-order valence-corrected chi connectivity index (χ2v) is 9.99. The number of thiophene rings is 1. The molecular formula is C20H15N3O6S2. The summed E-state index contributed by atoms with van der Waals surface area (Å²) in [4.78, 5) is 30.5. The number of rotatable bonds is 6. The molecule has 0 spiro atoms. The molecular weight excluding hydrogens is 442 g/mol. The fraction of sp³-hybridized carbons (Fsp3) is 0.150. The number of benzene rings is 1. The molecule has 0 saturated carbocycles. The maximum absolute atomic E-state index is 12.7. The highest BCUT2D eigenvalue weighted by Crippen LogP contribution is 2.33. The van der Waals surface area contributed by atoms with Gasteiger partial charge in [-0.25, -0.2) is 13.1 Å². The molecule has 4 heterocycles. The van der Waals surface area contributed by atoms with Crippen LogP contribution in [0.1, 0.15) is 31.3 Å². The van der Waals surface area contributed by atoms with E-state index in [2.05, 4.69) is 9.71 Å². The van der Waals surface area contributed by atoms with Gasteiger partial charge in [-0.15, -0.1) is 11.3 Å². The second-order valence-electron chi connectivity index (χ2n) is 6.83. The Morgan fingerprint density at radius 1 is 1.06 bits per heavy atom. The molecule has 158 valence electrons. The first-order chi connectivity index (χ1) is 14.9. The highest BCUT2D eigenvalue weighted by atomic mass is 32.2. The quantitative estimate of drug-likeness (QED) is 0.564. The fourth-order valence-corrected chi connectivity index (χ4v) is 5.71. The molecule has 2 amide bonds. The van der Waals surface area contributed by atoms with E-state index in [1.54, 1.807) is 36.4 Å². The van der Waals surface area contributed by atoms with E-state index in [1.807, 2.05) is 0 Å². The average molecular weight is 457 g/mol. The number of carbonyl (C=O) groups excluding carboxylic acids is 2. The zero-order valence-corrected chi connectivity index (χ0v) is 17.5. The monoisotopic (exact) mass is 457 g/mol. The van der Waals surface area contributed by atoms with Crippen molar-refractivity contribution in [1.29, 1.82) is 0 Å². The lowest BCUT2D eigenvalue weighted by molar-refractivity contribution is 0.0642. The van der Waals surface area contributed by atoms with E-state index in [0.29, 0.717) is 16.4 Å². The Bertz CT molecular complexity index is 1280. The van der Waals surface area contributed by atoms with Gasteiger partial charge in [-0.05, 0) is 42.0 Å². The van der Waals surface area contributed by atoms with Gasteiger partial charge in [0.2, 0.25) is 16.8 Å². The molecule has 0 fully saturated rings. The van der Waals surface area contributed by atoms with Gasteiger partial charge >= 0.3 is 0 Å². The number of amides is 2. The maximum atomic E-state index is 12.7. The van der Waals surface area contributed by atoms with Gasteiger partial charge in [0.05, 0.1) is 12.1 Å². The minimum absolute atomic E-state index is 0.0175. The van der Waals surface area contributed by atoms with Gasteiger partial charge < -0.3 is 9.47 Å². The van der Waals surface area contributed by atoms with Gasteiger partial charge in [-0.3, -0.25) is 19.5 Å². The van der Waals surface area contributed by atoms with Gasteiger partial charge in [0, 0.05) is 17.6 Å². The van der Waals surface area contributed by atoms with Crippen LogP contribution in [0.15, 0.2) is 52.9 Å². The molecule has 2 aromatic heterocycles. The van der Waals surface area contributed by atoms with Crippen LogP contribution >= 0.6 is 11.3 Å². The molecule has 31 heavy (non-hydrogen) atoms. The molecule has 0 atom stereocenters. The van der Waals surface area contributed by atoms with Crippen molar-refractivity contribution >= 4 is 33.2 Å². The molecule has 0 radical (unpaired) electrons. The van der Waals surface area contributed by atoms with Gasteiger partial charge in [-0.1, -0.05) is 6.07 Å². The van der Waals surface area contributed by atoms with Gasteiger partial charge in [0.25, 0.3) is 11.8 Å². The fourth-order valence-electron chi connectivity index (χ4n) is 3.30. The van der Waals surface area contributed by atoms with E-state index in [4.69, 9.17) is 9.47 Å². The third-order valence-electron chi connectivity index (χ3n) is 4.85. The molecule has 0 aliphatic carbocycles. The van der Waals surface area contributed by atoms with E-state index < -0.39 is 21.8 Å². The first-order valence-corrected chi connectivity index (χ1v) is 11.5. The summed E-state index contributed by atoms with van der Waals surface area (Å²) >= 11 is 1.00. The summed E-state index contributed by atoms with van der Waals surface area (Å²) in [5.41, 5.74) is 1.09. The summed E-state index contributed by atoms with van der Waals surface area (Å²) in [6, 6.07) is 11.4. The summed E-state index contributed by atoms with van der Waals surface area (Å²) in [6.07, 6.45) is 1.45. The Labute approximate surface area is 181 Å². The summed E-state index contributed by atoms with van der Waals surface area (Å²) in [7, 11) is -3.77. The van der Waals surface area contributed by atoms with Gasteiger partial charge in [0.15, 0.2) is 11.5 Å². The molecule has 11 heteroatoms. The van der Waals surface area contributed by atoms with Crippen LogP contribution in [-0.2, 0) is 23.1 Å². The second kappa shape index (κ2) is 7.45. The van der Waals surface area contributed by atoms with Crippen molar-refractivity contribution < 1.29 is 27.5 Å². The van der Waals surface area contributed by atoms with Crippen LogP contribution in [0.2, 0.25) is 0 Å². The van der Waals surface area contributed by atoms with Crippen molar-refractivity contribution in [2.24, 2.45) is 0 Å². The Morgan fingerprint density at radius 2 is 1.90 bits per heavy atom. The number of aromatic nitrogens is 1. The Balaban J connectivity index is 1.28. The van der Waals surface area contributed by atoms with E-state index in [0.717, 1.165) is 21.8 Å². The molecule has 9 nitrogen and oxygen atoms in total. The molecule has 5 rings (SSSR count). The zero-order valence-electron chi connectivity index (χ0n) is 15.9. The van der Waals surface area contributed by atoms with Crippen LogP contribution in [0.3, 0.4) is 0 Å². The predicted molar refractivity (Wildman–Crippen MR) is 109 cm³/mol. The third-order valence-corrected chi connectivity index (χ3v) is 7.81. The standard InChI is InChI=1S/C20H15N3O6S2/c24-19-14-2-1-7-21-18(14)20(25)23(19)10-13-4-6-17(30-13)31(26,27)22-9-12-3-5-15-16(8-12)29-11-28-15/h1-8,22H,9-11H2. The summed E-state index contributed by atoms with van der Waals surface area (Å²) < 4.78 is 38.6.